The first-order valence-corrected chi connectivity index (χ1v) is 10.9. The zero-order valence-corrected chi connectivity index (χ0v) is 18.0. The van der Waals surface area contributed by atoms with Gasteiger partial charge in [-0.3, -0.25) is 4.79 Å². The predicted molar refractivity (Wildman–Crippen MR) is 114 cm³/mol. The van der Waals surface area contributed by atoms with Crippen molar-refractivity contribution in [1.82, 2.24) is 9.78 Å². The molecule has 1 aromatic heterocycles. The summed E-state index contributed by atoms with van der Waals surface area (Å²) in [5.74, 6) is -1.50. The van der Waals surface area contributed by atoms with Crippen LogP contribution in [-0.2, 0) is 19.3 Å². The molecule has 0 aliphatic heterocycles. The van der Waals surface area contributed by atoms with Crippen LogP contribution in [0.5, 0.6) is 0 Å². The zero-order valence-electron chi connectivity index (χ0n) is 18.0. The minimum absolute atomic E-state index is 0.149. The van der Waals surface area contributed by atoms with Crippen molar-refractivity contribution in [3.8, 4) is 5.69 Å². The smallest absolute Gasteiger partial charge is 0.253 e. The van der Waals surface area contributed by atoms with Crippen LogP contribution in [0.25, 0.3) is 5.69 Å². The second kappa shape index (κ2) is 7.69. The van der Waals surface area contributed by atoms with Crippen molar-refractivity contribution in [2.75, 3.05) is 5.32 Å². The van der Waals surface area contributed by atoms with Crippen molar-refractivity contribution >= 4 is 11.6 Å². The number of fused-ring (bicyclic) bond motifs is 1. The molecule has 2 aliphatic rings. The van der Waals surface area contributed by atoms with Crippen molar-refractivity contribution in [3.05, 3.63) is 40.5 Å². The van der Waals surface area contributed by atoms with Gasteiger partial charge in [0.25, 0.3) is 5.91 Å². The van der Waals surface area contributed by atoms with Crippen LogP contribution in [0.4, 0.5) is 10.1 Å². The van der Waals surface area contributed by atoms with Crippen LogP contribution in [0.2, 0.25) is 0 Å². The number of rotatable bonds is 5. The molecule has 1 amide bonds. The number of aliphatic hydroxyl groups excluding tert-OH is 1. The Hall–Kier alpha value is -2.41. The number of carbonyl (C=O) groups excluding carboxylic acids is 1. The molecule has 30 heavy (non-hydrogen) atoms. The Morgan fingerprint density at radius 1 is 1.40 bits per heavy atom. The third-order valence-electron chi connectivity index (χ3n) is 6.59. The monoisotopic (exact) mass is 414 g/mol. The molecule has 162 valence electrons. The number of aliphatic hydroxyl groups is 1. The second-order valence-electron chi connectivity index (χ2n) is 9.44. The van der Waals surface area contributed by atoms with E-state index in [4.69, 9.17) is 10.8 Å². The van der Waals surface area contributed by atoms with Gasteiger partial charge in [0, 0.05) is 11.8 Å². The lowest BCUT2D eigenvalue weighted by atomic mass is 9.76. The van der Waals surface area contributed by atoms with Gasteiger partial charge in [-0.1, -0.05) is 20.8 Å². The number of nitrogens with one attached hydrogen (secondary N) is 1. The van der Waals surface area contributed by atoms with Gasteiger partial charge < -0.3 is 16.2 Å². The standard InChI is InChI=1S/C23H31FN4O2/c1-4-16-14-8-9-23(2,3)12-19(14)28(27-16)13-10-15(24)21(22(25)30)18(11-13)26-17-6-5-7-20(17)29/h10-11,17,20,26,29H,4-9,12H2,1-3H3,(H2,25,30)/t17-,20+/m0/s1. The maximum Gasteiger partial charge on any atom is 0.253 e. The topological polar surface area (TPSA) is 93.2 Å². The van der Waals surface area contributed by atoms with Crippen LogP contribution >= 0.6 is 0 Å². The van der Waals surface area contributed by atoms with E-state index in [2.05, 4.69) is 26.1 Å². The Labute approximate surface area is 176 Å². The van der Waals surface area contributed by atoms with Gasteiger partial charge in [-0.15, -0.1) is 0 Å². The fourth-order valence-corrected chi connectivity index (χ4v) is 4.90. The van der Waals surface area contributed by atoms with Crippen LogP contribution in [0.1, 0.15) is 73.8 Å². The van der Waals surface area contributed by atoms with Crippen LogP contribution in [0.15, 0.2) is 12.1 Å². The fourth-order valence-electron chi connectivity index (χ4n) is 4.90. The molecule has 2 atom stereocenters. The van der Waals surface area contributed by atoms with Crippen LogP contribution in [0.3, 0.4) is 0 Å². The number of anilines is 1. The first kappa shape index (κ1) is 20.8. The predicted octanol–water partition coefficient (Wildman–Crippen LogP) is 3.51. The number of aromatic nitrogens is 2. The summed E-state index contributed by atoms with van der Waals surface area (Å²) in [5.41, 5.74) is 9.77. The van der Waals surface area contributed by atoms with E-state index in [1.807, 2.05) is 4.68 Å². The van der Waals surface area contributed by atoms with Crippen LogP contribution < -0.4 is 11.1 Å². The van der Waals surface area contributed by atoms with Crippen LogP contribution in [-0.4, -0.2) is 32.9 Å². The molecule has 1 heterocycles. The third kappa shape index (κ3) is 3.71. The Morgan fingerprint density at radius 2 is 2.17 bits per heavy atom. The van der Waals surface area contributed by atoms with E-state index in [0.717, 1.165) is 49.9 Å². The lowest BCUT2D eigenvalue weighted by Crippen LogP contribution is -2.30. The highest BCUT2D eigenvalue weighted by Gasteiger charge is 2.32. The first-order valence-electron chi connectivity index (χ1n) is 10.9. The summed E-state index contributed by atoms with van der Waals surface area (Å²) in [5, 5.41) is 18.2. The van der Waals surface area contributed by atoms with Crippen molar-refractivity contribution in [1.29, 1.82) is 0 Å². The van der Waals surface area contributed by atoms with E-state index in [0.29, 0.717) is 17.8 Å². The van der Waals surface area contributed by atoms with Gasteiger partial charge in [-0.2, -0.15) is 5.10 Å². The summed E-state index contributed by atoms with van der Waals surface area (Å²) in [6, 6.07) is 2.85. The number of hydrogen-bond donors (Lipinski definition) is 3. The molecule has 2 aromatic rings. The number of benzene rings is 1. The number of halogens is 1. The highest BCUT2D eigenvalue weighted by atomic mass is 19.1. The number of aryl methyl sites for hydroxylation is 1. The molecule has 1 fully saturated rings. The summed E-state index contributed by atoms with van der Waals surface area (Å²) in [6.45, 7) is 6.56. The van der Waals surface area contributed by atoms with E-state index in [1.165, 1.54) is 11.6 Å². The highest BCUT2D eigenvalue weighted by molar-refractivity contribution is 5.99. The highest BCUT2D eigenvalue weighted by Crippen LogP contribution is 2.38. The first-order chi connectivity index (χ1) is 14.2. The molecule has 0 spiro atoms. The quantitative estimate of drug-likeness (QED) is 0.698. The van der Waals surface area contributed by atoms with E-state index in [1.54, 1.807) is 6.07 Å². The average Bonchev–Trinajstić information content (AvgIpc) is 3.23. The Morgan fingerprint density at radius 3 is 2.80 bits per heavy atom. The Kier molecular flexibility index (Phi) is 5.34. The Balaban J connectivity index is 1.82. The van der Waals surface area contributed by atoms with Crippen molar-refractivity contribution in [2.24, 2.45) is 11.1 Å². The van der Waals surface area contributed by atoms with Crippen molar-refractivity contribution in [2.45, 2.75) is 77.9 Å². The molecule has 0 bridgehead atoms. The summed E-state index contributed by atoms with van der Waals surface area (Å²) in [7, 11) is 0. The number of carbonyl (C=O) groups is 1. The maximum atomic E-state index is 15.0. The van der Waals surface area contributed by atoms with Gasteiger partial charge in [0.2, 0.25) is 0 Å². The minimum Gasteiger partial charge on any atom is -0.391 e. The van der Waals surface area contributed by atoms with Gasteiger partial charge in [0.1, 0.15) is 5.82 Å². The van der Waals surface area contributed by atoms with Crippen molar-refractivity contribution in [3.63, 3.8) is 0 Å². The lowest BCUT2D eigenvalue weighted by Gasteiger charge is -2.30. The molecule has 0 radical (unpaired) electrons. The third-order valence-corrected chi connectivity index (χ3v) is 6.59. The van der Waals surface area contributed by atoms with Gasteiger partial charge in [0.05, 0.1) is 34.8 Å². The van der Waals surface area contributed by atoms with E-state index < -0.39 is 17.8 Å². The largest absolute Gasteiger partial charge is 0.391 e. The summed E-state index contributed by atoms with van der Waals surface area (Å²) < 4.78 is 16.9. The number of amides is 1. The molecule has 1 aromatic carbocycles. The number of nitrogens with two attached hydrogens (primary N) is 1. The number of nitrogens with zero attached hydrogens (tertiary/aromatic N) is 2. The maximum absolute atomic E-state index is 15.0. The second-order valence-corrected chi connectivity index (χ2v) is 9.44. The minimum atomic E-state index is -0.827. The molecular formula is C23H31FN4O2. The number of hydrogen-bond acceptors (Lipinski definition) is 4. The average molecular weight is 415 g/mol. The Bertz CT molecular complexity index is 982. The van der Waals surface area contributed by atoms with E-state index in [-0.39, 0.29) is 17.0 Å². The summed E-state index contributed by atoms with van der Waals surface area (Å²) >= 11 is 0. The van der Waals surface area contributed by atoms with Gasteiger partial charge in [0.15, 0.2) is 0 Å². The van der Waals surface area contributed by atoms with E-state index >= 15 is 4.39 Å². The molecule has 2 aliphatic carbocycles. The molecule has 0 unspecified atom stereocenters. The summed E-state index contributed by atoms with van der Waals surface area (Å²) in [4.78, 5) is 12.0. The SMILES string of the molecule is CCc1nn(-c2cc(F)c(C(N)=O)c(N[C@H]3CCC[C@H]3O)c2)c2c1CCC(C)(C)C2. The molecule has 6 nitrogen and oxygen atoms in total. The number of primary amides is 1. The van der Waals surface area contributed by atoms with Gasteiger partial charge in [-0.05, 0) is 62.0 Å². The zero-order chi connectivity index (χ0) is 21.6. The van der Waals surface area contributed by atoms with Crippen molar-refractivity contribution < 1.29 is 14.3 Å². The van der Waals surface area contributed by atoms with Gasteiger partial charge >= 0.3 is 0 Å². The lowest BCUT2D eigenvalue weighted by molar-refractivity contribution is 0.0997. The fraction of sp³-hybridized carbons (Fsp3) is 0.565. The summed E-state index contributed by atoms with van der Waals surface area (Å²) in [6.07, 6.45) is 5.54. The van der Waals surface area contributed by atoms with E-state index in [9.17, 15) is 9.90 Å². The molecular weight excluding hydrogens is 383 g/mol. The van der Waals surface area contributed by atoms with Crippen LogP contribution in [0, 0.1) is 11.2 Å². The van der Waals surface area contributed by atoms with Gasteiger partial charge in [-0.25, -0.2) is 9.07 Å². The molecule has 4 rings (SSSR count). The normalized spacial score (nSPS) is 22.7. The molecule has 7 heteroatoms. The molecule has 0 saturated heterocycles. The molecule has 1 saturated carbocycles. The molecule has 4 N–H and O–H groups in total.